The molecule has 0 aliphatic heterocycles. The van der Waals surface area contributed by atoms with Crippen molar-refractivity contribution >= 4 is 33.2 Å². The van der Waals surface area contributed by atoms with E-state index >= 15 is 0 Å². The number of sulfonamides is 1. The van der Waals surface area contributed by atoms with Gasteiger partial charge in [-0.25, -0.2) is 8.42 Å². The first-order valence-electron chi connectivity index (χ1n) is 7.41. The van der Waals surface area contributed by atoms with Crippen molar-refractivity contribution in [2.75, 3.05) is 26.0 Å². The molecule has 2 aromatic carbocycles. The Morgan fingerprint density at radius 3 is 2.44 bits per heavy atom. The Labute approximate surface area is 152 Å². The molecule has 2 aromatic rings. The van der Waals surface area contributed by atoms with Crippen LogP contribution in [0.5, 0.6) is 5.75 Å². The van der Waals surface area contributed by atoms with Crippen LogP contribution in [-0.2, 0) is 14.8 Å². The summed E-state index contributed by atoms with van der Waals surface area (Å²) in [5, 5.41) is 3.20. The van der Waals surface area contributed by atoms with E-state index in [1.165, 1.54) is 26.3 Å². The number of nitrogens with one attached hydrogen (secondary N) is 1. The Hall–Kier alpha value is -2.09. The third-order valence-electron chi connectivity index (χ3n) is 3.68. The predicted octanol–water partition coefficient (Wildman–Crippen LogP) is 2.92. The van der Waals surface area contributed by atoms with Gasteiger partial charge in [0.25, 0.3) is 0 Å². The number of rotatable bonds is 6. The average molecular weight is 383 g/mol. The second kappa shape index (κ2) is 7.86. The van der Waals surface area contributed by atoms with E-state index in [0.29, 0.717) is 16.5 Å². The fourth-order valence-electron chi connectivity index (χ4n) is 2.15. The minimum absolute atomic E-state index is 0.0857. The van der Waals surface area contributed by atoms with E-state index in [2.05, 4.69) is 5.32 Å². The molecule has 6 nitrogen and oxygen atoms in total. The molecule has 0 fully saturated rings. The smallest absolute Gasteiger partial charge is 0.243 e. The van der Waals surface area contributed by atoms with Crippen LogP contribution in [-0.4, -0.2) is 39.3 Å². The number of amides is 1. The Bertz CT molecular complexity index is 867. The van der Waals surface area contributed by atoms with Crippen LogP contribution in [0.15, 0.2) is 47.4 Å². The molecule has 8 heteroatoms. The summed E-state index contributed by atoms with van der Waals surface area (Å²) >= 11 is 6.01. The molecular formula is C17H19ClN2O4S. The van der Waals surface area contributed by atoms with Crippen molar-refractivity contribution in [2.24, 2.45) is 0 Å². The van der Waals surface area contributed by atoms with Crippen LogP contribution in [0.2, 0.25) is 5.02 Å². The number of nitrogens with zero attached hydrogens (tertiary/aromatic N) is 1. The van der Waals surface area contributed by atoms with Crippen LogP contribution in [0.3, 0.4) is 0 Å². The van der Waals surface area contributed by atoms with Gasteiger partial charge in [-0.2, -0.15) is 4.31 Å². The molecule has 0 aliphatic rings. The molecule has 0 aromatic heterocycles. The fourth-order valence-corrected chi connectivity index (χ4v) is 3.45. The molecule has 0 aliphatic carbocycles. The van der Waals surface area contributed by atoms with E-state index in [9.17, 15) is 13.2 Å². The van der Waals surface area contributed by atoms with E-state index in [-0.39, 0.29) is 11.4 Å². The number of carbonyl (C=O) groups excluding carboxylic acids is 1. The van der Waals surface area contributed by atoms with Crippen molar-refractivity contribution in [1.29, 1.82) is 0 Å². The third-order valence-corrected chi connectivity index (χ3v) is 5.90. The average Bonchev–Trinajstić information content (AvgIpc) is 2.59. The SMILES string of the molecule is COc1ccc(S(=O)(=O)N(C)CC(=O)Nc2cccc(Cl)c2C)cc1. The minimum Gasteiger partial charge on any atom is -0.497 e. The van der Waals surface area contributed by atoms with Gasteiger partial charge in [-0.05, 0) is 48.9 Å². The maximum atomic E-state index is 12.5. The standard InChI is InChI=1S/C17H19ClN2O4S/c1-12-15(18)5-4-6-16(12)19-17(21)11-20(2)25(22,23)14-9-7-13(24-3)8-10-14/h4-10H,11H2,1-3H3,(H,19,21). The molecule has 134 valence electrons. The lowest BCUT2D eigenvalue weighted by atomic mass is 10.2. The highest BCUT2D eigenvalue weighted by Crippen LogP contribution is 2.23. The van der Waals surface area contributed by atoms with Gasteiger partial charge in [0, 0.05) is 17.8 Å². The number of methoxy groups -OCH3 is 1. The molecule has 2 rings (SSSR count). The number of halogens is 1. The van der Waals surface area contributed by atoms with Gasteiger partial charge in [-0.3, -0.25) is 4.79 Å². The molecule has 0 radical (unpaired) electrons. The van der Waals surface area contributed by atoms with Gasteiger partial charge in [0.1, 0.15) is 5.75 Å². The van der Waals surface area contributed by atoms with Crippen molar-refractivity contribution in [1.82, 2.24) is 4.31 Å². The van der Waals surface area contributed by atoms with E-state index in [0.717, 1.165) is 9.87 Å². The molecule has 25 heavy (non-hydrogen) atoms. The Morgan fingerprint density at radius 1 is 1.20 bits per heavy atom. The van der Waals surface area contributed by atoms with Gasteiger partial charge >= 0.3 is 0 Å². The van der Waals surface area contributed by atoms with Crippen LogP contribution in [0.4, 0.5) is 5.69 Å². The minimum atomic E-state index is -3.78. The summed E-state index contributed by atoms with van der Waals surface area (Å²) < 4.78 is 31.1. The lowest BCUT2D eigenvalue weighted by Gasteiger charge is -2.17. The predicted molar refractivity (Wildman–Crippen MR) is 97.6 cm³/mol. The molecule has 0 bridgehead atoms. The highest BCUT2D eigenvalue weighted by atomic mass is 35.5. The highest BCUT2D eigenvalue weighted by molar-refractivity contribution is 7.89. The van der Waals surface area contributed by atoms with Crippen LogP contribution >= 0.6 is 11.6 Å². The largest absolute Gasteiger partial charge is 0.497 e. The second-order valence-electron chi connectivity index (χ2n) is 5.40. The normalized spacial score (nSPS) is 11.4. The summed E-state index contributed by atoms with van der Waals surface area (Å²) in [6.45, 7) is 1.45. The first-order valence-corrected chi connectivity index (χ1v) is 9.23. The van der Waals surface area contributed by atoms with Crippen molar-refractivity contribution in [3.8, 4) is 5.75 Å². The Kier molecular flexibility index (Phi) is 6.05. The third kappa shape index (κ3) is 4.50. The van der Waals surface area contributed by atoms with Crippen molar-refractivity contribution in [2.45, 2.75) is 11.8 Å². The van der Waals surface area contributed by atoms with Gasteiger partial charge in [0.2, 0.25) is 15.9 Å². The number of carbonyl (C=O) groups is 1. The molecule has 0 unspecified atom stereocenters. The van der Waals surface area contributed by atoms with Crippen LogP contribution in [0.1, 0.15) is 5.56 Å². The monoisotopic (exact) mass is 382 g/mol. The van der Waals surface area contributed by atoms with Crippen LogP contribution < -0.4 is 10.1 Å². The number of benzene rings is 2. The zero-order valence-electron chi connectivity index (χ0n) is 14.1. The number of anilines is 1. The molecule has 1 amide bonds. The molecule has 0 heterocycles. The second-order valence-corrected chi connectivity index (χ2v) is 7.85. The topological polar surface area (TPSA) is 75.7 Å². The summed E-state index contributed by atoms with van der Waals surface area (Å²) in [5.41, 5.74) is 1.27. The maximum absolute atomic E-state index is 12.5. The highest BCUT2D eigenvalue weighted by Gasteiger charge is 2.23. The van der Waals surface area contributed by atoms with Crippen LogP contribution in [0.25, 0.3) is 0 Å². The zero-order chi connectivity index (χ0) is 18.6. The number of hydrogen-bond acceptors (Lipinski definition) is 4. The Balaban J connectivity index is 2.10. The van der Waals surface area contributed by atoms with Crippen molar-refractivity contribution in [3.05, 3.63) is 53.1 Å². The van der Waals surface area contributed by atoms with E-state index in [1.807, 2.05) is 0 Å². The first kappa shape index (κ1) is 19.2. The van der Waals surface area contributed by atoms with Gasteiger partial charge in [-0.15, -0.1) is 0 Å². The number of ether oxygens (including phenoxy) is 1. The summed E-state index contributed by atoms with van der Waals surface area (Å²) in [6, 6.07) is 11.1. The molecule has 0 spiro atoms. The van der Waals surface area contributed by atoms with Crippen molar-refractivity contribution in [3.63, 3.8) is 0 Å². The number of likely N-dealkylation sites (N-methyl/N-ethyl adjacent to an activating group) is 1. The van der Waals surface area contributed by atoms with E-state index < -0.39 is 15.9 Å². The zero-order valence-corrected chi connectivity index (χ0v) is 15.7. The molecule has 1 N–H and O–H groups in total. The van der Waals surface area contributed by atoms with Crippen LogP contribution in [0, 0.1) is 6.92 Å². The number of hydrogen-bond donors (Lipinski definition) is 1. The summed E-state index contributed by atoms with van der Waals surface area (Å²) in [6.07, 6.45) is 0. The van der Waals surface area contributed by atoms with E-state index in [1.54, 1.807) is 37.3 Å². The lowest BCUT2D eigenvalue weighted by molar-refractivity contribution is -0.116. The first-order chi connectivity index (χ1) is 11.8. The molecular weight excluding hydrogens is 364 g/mol. The lowest BCUT2D eigenvalue weighted by Crippen LogP contribution is -2.35. The van der Waals surface area contributed by atoms with Gasteiger partial charge < -0.3 is 10.1 Å². The quantitative estimate of drug-likeness (QED) is 0.833. The molecule has 0 atom stereocenters. The maximum Gasteiger partial charge on any atom is 0.243 e. The van der Waals surface area contributed by atoms with Crippen molar-refractivity contribution < 1.29 is 17.9 Å². The molecule has 0 saturated carbocycles. The fraction of sp³-hybridized carbons (Fsp3) is 0.235. The molecule has 0 saturated heterocycles. The summed E-state index contributed by atoms with van der Waals surface area (Å²) in [5.74, 6) is 0.0979. The van der Waals surface area contributed by atoms with Gasteiger partial charge in [0.05, 0.1) is 18.6 Å². The van der Waals surface area contributed by atoms with Gasteiger partial charge in [-0.1, -0.05) is 17.7 Å². The summed E-state index contributed by atoms with van der Waals surface area (Å²) in [7, 11) is -0.930. The van der Waals surface area contributed by atoms with Gasteiger partial charge in [0.15, 0.2) is 0 Å². The Morgan fingerprint density at radius 2 is 1.84 bits per heavy atom. The van der Waals surface area contributed by atoms with E-state index in [4.69, 9.17) is 16.3 Å². The summed E-state index contributed by atoms with van der Waals surface area (Å²) in [4.78, 5) is 12.3.